The van der Waals surface area contributed by atoms with Crippen LogP contribution in [0.4, 0.5) is 0 Å². The molecular weight excluding hydrogens is 466 g/mol. The fourth-order valence-electron chi connectivity index (χ4n) is 3.60. The third-order valence-corrected chi connectivity index (χ3v) is 5.64. The summed E-state index contributed by atoms with van der Waals surface area (Å²) in [6.07, 6.45) is -0.592. The van der Waals surface area contributed by atoms with Gasteiger partial charge < -0.3 is 19.9 Å². The molecule has 0 bridgehead atoms. The van der Waals surface area contributed by atoms with Gasteiger partial charge in [0.1, 0.15) is 0 Å². The lowest BCUT2D eigenvalue weighted by Crippen LogP contribution is -2.31. The molecule has 1 aromatic heterocycles. The van der Waals surface area contributed by atoms with E-state index in [0.29, 0.717) is 23.9 Å². The summed E-state index contributed by atoms with van der Waals surface area (Å²) in [5.74, 6) is 1.80. The minimum absolute atomic E-state index is 0. The number of aliphatic hydroxyl groups excluding tert-OH is 1. The van der Waals surface area contributed by atoms with E-state index >= 15 is 0 Å². The van der Waals surface area contributed by atoms with Crippen LogP contribution < -0.4 is 14.8 Å². The molecule has 9 heteroatoms. The number of hydrogen-bond acceptors (Lipinski definition) is 7. The van der Waals surface area contributed by atoms with Crippen molar-refractivity contribution in [1.29, 1.82) is 0 Å². The standard InChI is InChI=1S/C26H29N5O3.ClH/c1-18-9-12-22(13-10-18)31-25(28-29-30-31)17-34-23-14-11-20(15-24(23)33-3)16-27-19(2)26(32)21-7-5-4-6-8-21;/h4-15,19,26-27,32H,16-17H2,1-3H3;1H. The number of nitrogens with one attached hydrogen (secondary N) is 1. The van der Waals surface area contributed by atoms with E-state index in [1.165, 1.54) is 0 Å². The summed E-state index contributed by atoms with van der Waals surface area (Å²) in [5.41, 5.74) is 3.94. The summed E-state index contributed by atoms with van der Waals surface area (Å²) in [7, 11) is 1.61. The van der Waals surface area contributed by atoms with E-state index in [9.17, 15) is 5.11 Å². The highest BCUT2D eigenvalue weighted by molar-refractivity contribution is 5.85. The second-order valence-corrected chi connectivity index (χ2v) is 8.14. The van der Waals surface area contributed by atoms with Crippen LogP contribution in [0.3, 0.4) is 0 Å². The van der Waals surface area contributed by atoms with E-state index in [-0.39, 0.29) is 25.1 Å². The van der Waals surface area contributed by atoms with Crippen molar-refractivity contribution in [2.75, 3.05) is 7.11 Å². The number of nitrogens with zero attached hydrogens (tertiary/aromatic N) is 4. The number of aromatic nitrogens is 4. The Balaban J connectivity index is 0.00000342. The molecule has 0 radical (unpaired) electrons. The Labute approximate surface area is 211 Å². The zero-order valence-electron chi connectivity index (χ0n) is 20.0. The number of hydrogen-bond donors (Lipinski definition) is 2. The smallest absolute Gasteiger partial charge is 0.194 e. The lowest BCUT2D eigenvalue weighted by Gasteiger charge is -2.21. The molecule has 2 atom stereocenters. The van der Waals surface area contributed by atoms with Crippen LogP contribution in [0, 0.1) is 6.92 Å². The van der Waals surface area contributed by atoms with Gasteiger partial charge in [-0.25, -0.2) is 0 Å². The summed E-state index contributed by atoms with van der Waals surface area (Å²) in [5, 5.41) is 25.9. The van der Waals surface area contributed by atoms with Gasteiger partial charge in [-0.15, -0.1) is 17.5 Å². The molecule has 4 rings (SSSR count). The van der Waals surface area contributed by atoms with Crippen molar-refractivity contribution in [1.82, 2.24) is 25.5 Å². The fraction of sp³-hybridized carbons (Fsp3) is 0.269. The molecule has 35 heavy (non-hydrogen) atoms. The summed E-state index contributed by atoms with van der Waals surface area (Å²) in [6.45, 7) is 4.76. The lowest BCUT2D eigenvalue weighted by atomic mass is 10.0. The molecule has 2 N–H and O–H groups in total. The highest BCUT2D eigenvalue weighted by Gasteiger charge is 2.16. The molecule has 0 spiro atoms. The third kappa shape index (κ3) is 6.57. The third-order valence-electron chi connectivity index (χ3n) is 5.64. The molecule has 184 valence electrons. The number of rotatable bonds is 10. The second kappa shape index (κ2) is 12.3. The molecule has 0 aliphatic carbocycles. The molecule has 4 aromatic rings. The SMILES string of the molecule is COc1cc(CNC(C)C(O)c2ccccc2)ccc1OCc1nnnn1-c1ccc(C)cc1.Cl. The number of methoxy groups -OCH3 is 1. The average Bonchev–Trinajstić information content (AvgIpc) is 3.35. The van der Waals surface area contributed by atoms with E-state index in [2.05, 4.69) is 20.8 Å². The predicted octanol–water partition coefficient (Wildman–Crippen LogP) is 4.19. The Kier molecular flexibility index (Phi) is 9.19. The van der Waals surface area contributed by atoms with Crippen molar-refractivity contribution in [2.24, 2.45) is 0 Å². The molecule has 1 heterocycles. The molecule has 0 saturated carbocycles. The van der Waals surface area contributed by atoms with Crippen molar-refractivity contribution < 1.29 is 14.6 Å². The van der Waals surface area contributed by atoms with Gasteiger partial charge >= 0.3 is 0 Å². The van der Waals surface area contributed by atoms with Crippen molar-refractivity contribution in [3.8, 4) is 17.2 Å². The Morgan fingerprint density at radius 3 is 2.46 bits per heavy atom. The van der Waals surface area contributed by atoms with Crippen molar-refractivity contribution in [3.05, 3.63) is 95.3 Å². The Bertz CT molecular complexity index is 1200. The molecule has 2 unspecified atom stereocenters. The molecule has 0 aliphatic rings. The maximum atomic E-state index is 10.6. The first kappa shape index (κ1) is 26.2. The van der Waals surface area contributed by atoms with E-state index in [1.54, 1.807) is 11.8 Å². The molecule has 3 aromatic carbocycles. The van der Waals surface area contributed by atoms with Crippen LogP contribution in [0.5, 0.6) is 11.5 Å². The van der Waals surface area contributed by atoms with Crippen LogP contribution in [0.25, 0.3) is 5.69 Å². The van der Waals surface area contributed by atoms with Crippen molar-refractivity contribution in [3.63, 3.8) is 0 Å². The first-order chi connectivity index (χ1) is 16.5. The van der Waals surface area contributed by atoms with Gasteiger partial charge in [0, 0.05) is 12.6 Å². The Morgan fingerprint density at radius 1 is 1.00 bits per heavy atom. The van der Waals surface area contributed by atoms with Gasteiger partial charge in [0.2, 0.25) is 0 Å². The zero-order chi connectivity index (χ0) is 23.9. The van der Waals surface area contributed by atoms with Crippen LogP contribution in [0.2, 0.25) is 0 Å². The van der Waals surface area contributed by atoms with Crippen LogP contribution in [-0.4, -0.2) is 38.5 Å². The predicted molar refractivity (Wildman–Crippen MR) is 136 cm³/mol. The molecular formula is C26H30ClN5O3. The van der Waals surface area contributed by atoms with Gasteiger partial charge in [-0.2, -0.15) is 4.68 Å². The molecule has 0 fully saturated rings. The summed E-state index contributed by atoms with van der Waals surface area (Å²) in [4.78, 5) is 0. The molecule has 0 aliphatic heterocycles. The lowest BCUT2D eigenvalue weighted by molar-refractivity contribution is 0.135. The fourth-order valence-corrected chi connectivity index (χ4v) is 3.60. The minimum Gasteiger partial charge on any atom is -0.493 e. The summed E-state index contributed by atoms with van der Waals surface area (Å²) >= 11 is 0. The van der Waals surface area contributed by atoms with Gasteiger partial charge in [-0.3, -0.25) is 0 Å². The van der Waals surface area contributed by atoms with Crippen molar-refractivity contribution in [2.45, 2.75) is 39.1 Å². The molecule has 0 saturated heterocycles. The van der Waals surface area contributed by atoms with E-state index < -0.39 is 6.10 Å². The van der Waals surface area contributed by atoms with E-state index in [0.717, 1.165) is 22.4 Å². The van der Waals surface area contributed by atoms with Crippen LogP contribution >= 0.6 is 12.4 Å². The maximum Gasteiger partial charge on any atom is 0.194 e. The minimum atomic E-state index is -0.592. The van der Waals surface area contributed by atoms with Gasteiger partial charge in [-0.05, 0) is 59.7 Å². The number of ether oxygens (including phenoxy) is 2. The second-order valence-electron chi connectivity index (χ2n) is 8.14. The van der Waals surface area contributed by atoms with Crippen LogP contribution in [0.15, 0.2) is 72.8 Å². The summed E-state index contributed by atoms with van der Waals surface area (Å²) in [6, 6.07) is 23.2. The van der Waals surface area contributed by atoms with E-state index in [1.807, 2.05) is 86.6 Å². The monoisotopic (exact) mass is 495 g/mol. The van der Waals surface area contributed by atoms with Gasteiger partial charge in [-0.1, -0.05) is 54.1 Å². The highest BCUT2D eigenvalue weighted by Crippen LogP contribution is 2.29. The van der Waals surface area contributed by atoms with E-state index in [4.69, 9.17) is 9.47 Å². The number of halogens is 1. The normalized spacial score (nSPS) is 12.5. The average molecular weight is 496 g/mol. The number of aryl methyl sites for hydroxylation is 1. The topological polar surface area (TPSA) is 94.3 Å². The zero-order valence-corrected chi connectivity index (χ0v) is 20.8. The molecule has 0 amide bonds. The van der Waals surface area contributed by atoms with Crippen LogP contribution in [0.1, 0.15) is 35.5 Å². The van der Waals surface area contributed by atoms with Crippen LogP contribution in [-0.2, 0) is 13.2 Å². The Hall–Kier alpha value is -3.46. The van der Waals surface area contributed by atoms with Crippen molar-refractivity contribution >= 4 is 12.4 Å². The first-order valence-corrected chi connectivity index (χ1v) is 11.2. The largest absolute Gasteiger partial charge is 0.493 e. The number of aliphatic hydroxyl groups is 1. The first-order valence-electron chi connectivity index (χ1n) is 11.2. The Morgan fingerprint density at radius 2 is 1.74 bits per heavy atom. The molecule has 8 nitrogen and oxygen atoms in total. The number of tetrazole rings is 1. The van der Waals surface area contributed by atoms with Gasteiger partial charge in [0.05, 0.1) is 18.9 Å². The van der Waals surface area contributed by atoms with Gasteiger partial charge in [0.25, 0.3) is 0 Å². The highest BCUT2D eigenvalue weighted by atomic mass is 35.5. The maximum absolute atomic E-state index is 10.6. The quantitative estimate of drug-likeness (QED) is 0.340. The van der Waals surface area contributed by atoms with Gasteiger partial charge in [0.15, 0.2) is 23.9 Å². The summed E-state index contributed by atoms with van der Waals surface area (Å²) < 4.78 is 13.2. The number of benzene rings is 3.